The van der Waals surface area contributed by atoms with Crippen molar-refractivity contribution in [2.75, 3.05) is 17.2 Å². The number of hydrogen-bond acceptors (Lipinski definition) is 4. The molecule has 3 rings (SSSR count). The molecule has 2 aromatic rings. The maximum Gasteiger partial charge on any atom is 0.137 e. The van der Waals surface area contributed by atoms with E-state index in [2.05, 4.69) is 46.1 Å². The van der Waals surface area contributed by atoms with Crippen molar-refractivity contribution in [3.8, 4) is 0 Å². The minimum absolute atomic E-state index is 0.624. The van der Waals surface area contributed by atoms with Crippen LogP contribution in [0.4, 0.5) is 11.6 Å². The van der Waals surface area contributed by atoms with Crippen LogP contribution >= 0.6 is 0 Å². The summed E-state index contributed by atoms with van der Waals surface area (Å²) < 4.78 is 0. The van der Waals surface area contributed by atoms with Crippen LogP contribution in [0.3, 0.4) is 0 Å². The summed E-state index contributed by atoms with van der Waals surface area (Å²) in [5.74, 6) is 1.64. The van der Waals surface area contributed by atoms with Gasteiger partial charge in [0.15, 0.2) is 0 Å². The number of nitrogens with two attached hydrogens (primary N) is 1. The van der Waals surface area contributed by atoms with Gasteiger partial charge in [-0.1, -0.05) is 37.6 Å². The summed E-state index contributed by atoms with van der Waals surface area (Å²) in [4.78, 5) is 11.0. The summed E-state index contributed by atoms with van der Waals surface area (Å²) in [7, 11) is 0. The van der Waals surface area contributed by atoms with Crippen molar-refractivity contribution in [1.82, 2.24) is 9.97 Å². The second-order valence-corrected chi connectivity index (χ2v) is 5.60. The fourth-order valence-corrected chi connectivity index (χ4v) is 3.06. The molecule has 4 heteroatoms. The molecule has 0 amide bonds. The zero-order valence-electron chi connectivity index (χ0n) is 12.5. The zero-order chi connectivity index (χ0) is 14.7. The Morgan fingerprint density at radius 2 is 2.00 bits per heavy atom. The van der Waals surface area contributed by atoms with Gasteiger partial charge >= 0.3 is 0 Å². The van der Waals surface area contributed by atoms with Gasteiger partial charge in [0.05, 0.1) is 0 Å². The number of hydrogen-bond donors (Lipinski definition) is 1. The van der Waals surface area contributed by atoms with Gasteiger partial charge in [0.25, 0.3) is 0 Å². The van der Waals surface area contributed by atoms with E-state index in [1.165, 1.54) is 11.1 Å². The molecule has 0 radical (unpaired) electrons. The van der Waals surface area contributed by atoms with Crippen molar-refractivity contribution in [3.63, 3.8) is 0 Å². The Morgan fingerprint density at radius 3 is 2.81 bits per heavy atom. The lowest BCUT2D eigenvalue weighted by Crippen LogP contribution is -2.25. The molecular weight excluding hydrogens is 260 g/mol. The largest absolute Gasteiger partial charge is 0.383 e. The van der Waals surface area contributed by atoms with E-state index in [9.17, 15) is 0 Å². The van der Waals surface area contributed by atoms with Gasteiger partial charge in [0.2, 0.25) is 0 Å². The minimum atomic E-state index is 0.624. The molecule has 0 unspecified atom stereocenters. The van der Waals surface area contributed by atoms with Crippen molar-refractivity contribution < 1.29 is 0 Å². The number of aryl methyl sites for hydroxylation is 1. The lowest BCUT2D eigenvalue weighted by molar-refractivity contribution is 0.742. The minimum Gasteiger partial charge on any atom is -0.383 e. The molecule has 1 aromatic heterocycles. The maximum atomic E-state index is 6.07. The third-order valence-electron chi connectivity index (χ3n) is 4.11. The van der Waals surface area contributed by atoms with Gasteiger partial charge in [0.1, 0.15) is 18.0 Å². The van der Waals surface area contributed by atoms with Crippen LogP contribution in [0.1, 0.15) is 36.5 Å². The highest BCUT2D eigenvalue weighted by molar-refractivity contribution is 5.57. The molecule has 21 heavy (non-hydrogen) atoms. The quantitative estimate of drug-likeness (QED) is 0.940. The molecule has 1 aliphatic heterocycles. The number of fused-ring (bicyclic) bond motifs is 1. The van der Waals surface area contributed by atoms with Crippen LogP contribution in [-0.4, -0.2) is 16.5 Å². The molecule has 110 valence electrons. The molecule has 0 bridgehead atoms. The van der Waals surface area contributed by atoms with Crippen LogP contribution in [0.15, 0.2) is 30.6 Å². The second kappa shape index (κ2) is 6.12. The molecule has 2 heterocycles. The molecule has 4 nitrogen and oxygen atoms in total. The summed E-state index contributed by atoms with van der Waals surface area (Å²) in [6.45, 7) is 4.08. The van der Waals surface area contributed by atoms with Crippen LogP contribution in [-0.2, 0) is 19.4 Å². The number of anilines is 2. The molecular formula is C17H22N4. The number of aromatic nitrogens is 2. The van der Waals surface area contributed by atoms with Crippen molar-refractivity contribution in [3.05, 3.63) is 47.3 Å². The fourth-order valence-electron chi connectivity index (χ4n) is 3.06. The predicted octanol–water partition coefficient (Wildman–Crippen LogP) is 2.96. The van der Waals surface area contributed by atoms with Gasteiger partial charge in [0, 0.05) is 18.7 Å². The van der Waals surface area contributed by atoms with Crippen LogP contribution in [0.5, 0.6) is 0 Å². The number of benzene rings is 1. The number of nitrogens with zero attached hydrogens (tertiary/aromatic N) is 3. The fraction of sp³-hybridized carbons (Fsp3) is 0.412. The molecule has 0 saturated carbocycles. The van der Waals surface area contributed by atoms with Crippen molar-refractivity contribution in [2.45, 2.75) is 39.2 Å². The van der Waals surface area contributed by atoms with Crippen LogP contribution < -0.4 is 10.6 Å². The Morgan fingerprint density at radius 1 is 1.19 bits per heavy atom. The molecule has 2 N–H and O–H groups in total. The SMILES string of the molecule is CCCc1c(N)ncnc1N1CCCc2ccccc2C1. The Kier molecular flexibility index (Phi) is 4.04. The highest BCUT2D eigenvalue weighted by Gasteiger charge is 2.19. The van der Waals surface area contributed by atoms with E-state index in [1.54, 1.807) is 6.33 Å². The number of nitrogen functional groups attached to an aromatic ring is 1. The Balaban J connectivity index is 1.96. The van der Waals surface area contributed by atoms with E-state index >= 15 is 0 Å². The first-order valence-electron chi connectivity index (χ1n) is 7.70. The first-order chi connectivity index (χ1) is 10.3. The normalized spacial score (nSPS) is 14.6. The van der Waals surface area contributed by atoms with E-state index in [4.69, 9.17) is 5.73 Å². The first kappa shape index (κ1) is 13.9. The van der Waals surface area contributed by atoms with Gasteiger partial charge in [-0.25, -0.2) is 9.97 Å². The highest BCUT2D eigenvalue weighted by atomic mass is 15.2. The zero-order valence-corrected chi connectivity index (χ0v) is 12.5. The van der Waals surface area contributed by atoms with Crippen LogP contribution in [0, 0.1) is 0 Å². The monoisotopic (exact) mass is 282 g/mol. The number of rotatable bonds is 3. The van der Waals surface area contributed by atoms with Crippen molar-refractivity contribution in [1.29, 1.82) is 0 Å². The first-order valence-corrected chi connectivity index (χ1v) is 7.70. The summed E-state index contributed by atoms with van der Waals surface area (Å²) >= 11 is 0. The molecule has 0 aliphatic carbocycles. The molecule has 0 atom stereocenters. The summed E-state index contributed by atoms with van der Waals surface area (Å²) in [6, 6.07) is 8.70. The van der Waals surface area contributed by atoms with Gasteiger partial charge in [-0.2, -0.15) is 0 Å². The summed E-state index contributed by atoms with van der Waals surface area (Å²) in [6.07, 6.45) is 5.85. The van der Waals surface area contributed by atoms with Gasteiger partial charge in [-0.05, 0) is 30.4 Å². The Bertz CT molecular complexity index is 624. The average Bonchev–Trinajstić information content (AvgIpc) is 2.71. The standard InChI is InChI=1S/C17H22N4/c1-2-6-15-16(18)19-12-20-17(15)21-10-5-9-13-7-3-4-8-14(13)11-21/h3-4,7-8,12H,2,5-6,9-11H2,1H3,(H2,18,19,20). The van der Waals surface area contributed by atoms with Crippen molar-refractivity contribution in [2.24, 2.45) is 0 Å². The lowest BCUT2D eigenvalue weighted by atomic mass is 10.0. The van der Waals surface area contributed by atoms with E-state index in [1.807, 2.05) is 0 Å². The van der Waals surface area contributed by atoms with Gasteiger partial charge in [-0.15, -0.1) is 0 Å². The van der Waals surface area contributed by atoms with E-state index < -0.39 is 0 Å². The summed E-state index contributed by atoms with van der Waals surface area (Å²) in [5, 5.41) is 0. The topological polar surface area (TPSA) is 55.0 Å². The Hall–Kier alpha value is -2.10. The highest BCUT2D eigenvalue weighted by Crippen LogP contribution is 2.27. The molecule has 0 spiro atoms. The average molecular weight is 282 g/mol. The van der Waals surface area contributed by atoms with Crippen LogP contribution in [0.2, 0.25) is 0 Å². The second-order valence-electron chi connectivity index (χ2n) is 5.60. The third kappa shape index (κ3) is 2.84. The predicted molar refractivity (Wildman–Crippen MR) is 86.3 cm³/mol. The smallest absolute Gasteiger partial charge is 0.137 e. The third-order valence-corrected chi connectivity index (χ3v) is 4.11. The van der Waals surface area contributed by atoms with E-state index in [0.717, 1.165) is 50.2 Å². The van der Waals surface area contributed by atoms with Gasteiger partial charge < -0.3 is 10.6 Å². The maximum absolute atomic E-state index is 6.07. The lowest BCUT2D eigenvalue weighted by Gasteiger charge is -2.24. The van der Waals surface area contributed by atoms with Crippen molar-refractivity contribution >= 4 is 11.6 Å². The molecule has 1 aliphatic rings. The van der Waals surface area contributed by atoms with Crippen LogP contribution in [0.25, 0.3) is 0 Å². The molecule has 1 aromatic carbocycles. The molecule has 0 fully saturated rings. The van der Waals surface area contributed by atoms with Gasteiger partial charge in [-0.3, -0.25) is 0 Å². The molecule has 0 saturated heterocycles. The van der Waals surface area contributed by atoms with E-state index in [-0.39, 0.29) is 0 Å². The van der Waals surface area contributed by atoms with E-state index in [0.29, 0.717) is 5.82 Å². The summed E-state index contributed by atoms with van der Waals surface area (Å²) in [5.41, 5.74) is 10.0. The Labute approximate surface area is 126 Å².